The smallest absolute Gasteiger partial charge is 0.261 e. The van der Waals surface area contributed by atoms with Crippen molar-refractivity contribution in [1.29, 1.82) is 0 Å². The molecule has 4 aromatic carbocycles. The van der Waals surface area contributed by atoms with Crippen LogP contribution in [0, 0.1) is 21.3 Å². The molecule has 2 aliphatic heterocycles. The number of aliphatic hydroxyl groups is 2. The Hall–Kier alpha value is -4.11. The molecule has 3 N–H and O–H groups in total. The standard InChI is InChI=1S/C52H63IN2O7Si/c1-6-35(28-37-29-44(53)49(58)46(30-37)61-5)22-23-45(57)47-38(34-62-63(52(2,3)4,40-18-12-8-13-19-40)41-20-14-9-15-21-41)31-42-48(43(47)33-56)51(60)55(50(42)59)39-24-26-54(27-25-39)32-36-16-10-7-11-17-36/h7-21,28-30,39,42-43,45,48,56-58H,6,22-27,31-34H2,1-5H3/b35-28+/t42-,43+,45-,48-/m1/s1. The fourth-order valence-corrected chi connectivity index (χ4v) is 15.7. The van der Waals surface area contributed by atoms with Crippen molar-refractivity contribution in [3.63, 3.8) is 0 Å². The maximum Gasteiger partial charge on any atom is 0.261 e. The predicted octanol–water partition coefficient (Wildman–Crippen LogP) is 8.09. The molecule has 1 aliphatic carbocycles. The molecule has 0 unspecified atom stereocenters. The number of aliphatic hydroxyl groups excluding tert-OH is 2. The highest BCUT2D eigenvalue weighted by atomic mass is 127. The molecule has 4 aromatic rings. The van der Waals surface area contributed by atoms with E-state index in [-0.39, 0.29) is 48.3 Å². The maximum atomic E-state index is 14.7. The number of phenolic OH excluding ortho intramolecular Hbond substituents is 1. The molecule has 2 saturated heterocycles. The number of methoxy groups -OCH3 is 1. The topological polar surface area (TPSA) is 120 Å². The van der Waals surface area contributed by atoms with Crippen LogP contribution in [-0.4, -0.2) is 90.8 Å². The Morgan fingerprint density at radius 3 is 2.08 bits per heavy atom. The molecule has 0 radical (unpaired) electrons. The Kier molecular flexibility index (Phi) is 15.2. The number of hydrogen-bond donors (Lipinski definition) is 3. The second-order valence-electron chi connectivity index (χ2n) is 18.4. The maximum absolute atomic E-state index is 14.7. The molecular formula is C52H63IN2O7Si. The van der Waals surface area contributed by atoms with Crippen molar-refractivity contribution in [3.8, 4) is 11.5 Å². The van der Waals surface area contributed by atoms with E-state index in [4.69, 9.17) is 9.16 Å². The van der Waals surface area contributed by atoms with Gasteiger partial charge in [-0.1, -0.05) is 130 Å². The van der Waals surface area contributed by atoms with Gasteiger partial charge in [-0.2, -0.15) is 0 Å². The van der Waals surface area contributed by atoms with E-state index < -0.39 is 32.2 Å². The molecule has 7 rings (SSSR count). The summed E-state index contributed by atoms with van der Waals surface area (Å²) in [6.07, 6.45) is 4.37. The normalized spacial score (nSPS) is 20.9. The van der Waals surface area contributed by atoms with E-state index >= 15 is 0 Å². The van der Waals surface area contributed by atoms with Gasteiger partial charge in [0.25, 0.3) is 8.32 Å². The van der Waals surface area contributed by atoms with Crippen LogP contribution < -0.4 is 15.1 Å². The molecule has 0 spiro atoms. The van der Waals surface area contributed by atoms with Crippen molar-refractivity contribution < 1.29 is 34.1 Å². The Morgan fingerprint density at radius 1 is 0.921 bits per heavy atom. The van der Waals surface area contributed by atoms with Crippen molar-refractivity contribution in [3.05, 3.63) is 135 Å². The number of rotatable bonds is 16. The number of ether oxygens (including phenoxy) is 1. The SMILES string of the molecule is CC/C(=C\c1cc(I)c(O)c(OC)c1)CC[C@@H](O)C1=C(CO[Si](c2ccccc2)(c2ccccc2)C(C)(C)C)C[C@H]2C(=O)N(C3CCN(Cc4ccccc4)CC3)C(=O)[C@H]2[C@H]1CO. The Morgan fingerprint density at radius 2 is 1.52 bits per heavy atom. The van der Waals surface area contributed by atoms with Gasteiger partial charge in [0.2, 0.25) is 11.8 Å². The highest BCUT2D eigenvalue weighted by molar-refractivity contribution is 14.1. The zero-order valence-electron chi connectivity index (χ0n) is 37.3. The monoisotopic (exact) mass is 982 g/mol. The molecule has 2 fully saturated rings. The first-order valence-corrected chi connectivity index (χ1v) is 25.4. The summed E-state index contributed by atoms with van der Waals surface area (Å²) < 4.78 is 13.6. The van der Waals surface area contributed by atoms with Crippen molar-refractivity contribution in [2.45, 2.75) is 89.9 Å². The fourth-order valence-electron chi connectivity index (χ4n) is 10.5. The summed E-state index contributed by atoms with van der Waals surface area (Å²) in [4.78, 5) is 33.3. The second kappa shape index (κ2) is 20.4. The number of halogens is 1. The van der Waals surface area contributed by atoms with Crippen LogP contribution in [0.4, 0.5) is 0 Å². The van der Waals surface area contributed by atoms with E-state index in [1.165, 1.54) is 12.7 Å². The van der Waals surface area contributed by atoms with Crippen molar-refractivity contribution in [2.75, 3.05) is 33.4 Å². The van der Waals surface area contributed by atoms with Gasteiger partial charge in [0, 0.05) is 31.6 Å². The lowest BCUT2D eigenvalue weighted by Crippen LogP contribution is -2.66. The number of carbonyl (C=O) groups excluding carboxylic acids is 2. The number of piperidine rings is 1. The number of benzene rings is 4. The van der Waals surface area contributed by atoms with E-state index in [2.05, 4.69) is 97.7 Å². The summed E-state index contributed by atoms with van der Waals surface area (Å²) in [7, 11) is -1.52. The summed E-state index contributed by atoms with van der Waals surface area (Å²) in [5.41, 5.74) is 4.65. The summed E-state index contributed by atoms with van der Waals surface area (Å²) >= 11 is 2.09. The van der Waals surface area contributed by atoms with E-state index in [0.717, 1.165) is 53.1 Å². The molecule has 3 aliphatic rings. The number of aromatic hydroxyl groups is 1. The number of imide groups is 1. The fraction of sp³-hybridized carbons (Fsp3) is 0.423. The number of allylic oxidation sites excluding steroid dienone is 1. The third kappa shape index (κ3) is 9.79. The quantitative estimate of drug-likeness (QED) is 0.0447. The Bertz CT molecular complexity index is 2230. The number of nitrogens with zero attached hydrogens (tertiary/aromatic N) is 2. The first kappa shape index (κ1) is 46.9. The molecular weight excluding hydrogens is 920 g/mol. The highest BCUT2D eigenvalue weighted by Crippen LogP contribution is 2.48. The minimum Gasteiger partial charge on any atom is -0.504 e. The van der Waals surface area contributed by atoms with Gasteiger partial charge in [-0.05, 0) is 111 Å². The Labute approximate surface area is 388 Å². The summed E-state index contributed by atoms with van der Waals surface area (Å²) in [5, 5.41) is 36.2. The molecule has 0 aromatic heterocycles. The molecule has 63 heavy (non-hydrogen) atoms. The van der Waals surface area contributed by atoms with Gasteiger partial charge in [0.15, 0.2) is 11.5 Å². The molecule has 4 atom stereocenters. The number of phenols is 1. The van der Waals surface area contributed by atoms with Crippen LogP contribution in [0.2, 0.25) is 5.04 Å². The average molecular weight is 983 g/mol. The number of hydrogen-bond acceptors (Lipinski definition) is 8. The summed E-state index contributed by atoms with van der Waals surface area (Å²) in [6, 6.07) is 34.7. The van der Waals surface area contributed by atoms with Crippen LogP contribution in [0.25, 0.3) is 6.08 Å². The van der Waals surface area contributed by atoms with Crippen molar-refractivity contribution >= 4 is 59.2 Å². The van der Waals surface area contributed by atoms with Gasteiger partial charge in [-0.15, -0.1) is 0 Å². The summed E-state index contributed by atoms with van der Waals surface area (Å²) in [6.45, 7) is 10.9. The summed E-state index contributed by atoms with van der Waals surface area (Å²) in [5.74, 6) is -2.06. The molecule has 334 valence electrons. The first-order valence-electron chi connectivity index (χ1n) is 22.5. The third-order valence-corrected chi connectivity index (χ3v) is 19.5. The van der Waals surface area contributed by atoms with E-state index in [0.29, 0.717) is 40.6 Å². The molecule has 0 bridgehead atoms. The van der Waals surface area contributed by atoms with E-state index in [9.17, 15) is 24.9 Å². The van der Waals surface area contributed by atoms with Crippen LogP contribution in [0.1, 0.15) is 77.3 Å². The first-order chi connectivity index (χ1) is 30.3. The van der Waals surface area contributed by atoms with Crippen LogP contribution in [0.5, 0.6) is 11.5 Å². The molecule has 0 saturated carbocycles. The molecule has 9 nitrogen and oxygen atoms in total. The van der Waals surface area contributed by atoms with Crippen LogP contribution >= 0.6 is 22.6 Å². The molecule has 2 heterocycles. The molecule has 2 amide bonds. The van der Waals surface area contributed by atoms with Gasteiger partial charge in [0.05, 0.1) is 41.8 Å². The van der Waals surface area contributed by atoms with Gasteiger partial charge in [-0.3, -0.25) is 19.4 Å². The molecule has 11 heteroatoms. The van der Waals surface area contributed by atoms with Gasteiger partial charge in [0.1, 0.15) is 0 Å². The van der Waals surface area contributed by atoms with E-state index in [1.807, 2.05) is 60.7 Å². The minimum atomic E-state index is -3.05. The van der Waals surface area contributed by atoms with E-state index in [1.54, 1.807) is 11.0 Å². The lowest BCUT2D eigenvalue weighted by atomic mass is 9.68. The van der Waals surface area contributed by atoms with Gasteiger partial charge >= 0.3 is 0 Å². The highest BCUT2D eigenvalue weighted by Gasteiger charge is 2.57. The van der Waals surface area contributed by atoms with Gasteiger partial charge < -0.3 is 24.5 Å². The number of amides is 2. The lowest BCUT2D eigenvalue weighted by Gasteiger charge is -2.44. The van der Waals surface area contributed by atoms with Crippen LogP contribution in [0.3, 0.4) is 0 Å². The third-order valence-electron chi connectivity index (χ3n) is 13.7. The van der Waals surface area contributed by atoms with Crippen LogP contribution in [-0.2, 0) is 20.6 Å². The second-order valence-corrected chi connectivity index (χ2v) is 23.9. The Balaban J connectivity index is 1.22. The zero-order valence-corrected chi connectivity index (χ0v) is 40.5. The van der Waals surface area contributed by atoms with Gasteiger partial charge in [-0.25, -0.2) is 0 Å². The predicted molar refractivity (Wildman–Crippen MR) is 260 cm³/mol. The van der Waals surface area contributed by atoms with Crippen LogP contribution in [0.15, 0.2) is 120 Å². The number of likely N-dealkylation sites (tertiary alicyclic amines) is 2. The largest absolute Gasteiger partial charge is 0.504 e. The lowest BCUT2D eigenvalue weighted by molar-refractivity contribution is -0.144. The number of fused-ring (bicyclic) bond motifs is 1. The van der Waals surface area contributed by atoms with Crippen molar-refractivity contribution in [2.24, 2.45) is 17.8 Å². The zero-order chi connectivity index (χ0) is 44.9. The van der Waals surface area contributed by atoms with Crippen molar-refractivity contribution in [1.82, 2.24) is 9.80 Å². The number of carbonyl (C=O) groups is 2. The minimum absolute atomic E-state index is 0.0983. The average Bonchev–Trinajstić information content (AvgIpc) is 3.54.